The van der Waals surface area contributed by atoms with E-state index in [1.54, 1.807) is 0 Å². The normalized spacial score (nSPS) is 12.0. The summed E-state index contributed by atoms with van der Waals surface area (Å²) < 4.78 is 15.9. The number of benzene rings is 1. The van der Waals surface area contributed by atoms with Crippen molar-refractivity contribution in [1.29, 1.82) is 0 Å². The molecular formula is C17H19FN2O3. The highest BCUT2D eigenvalue weighted by Gasteiger charge is 2.16. The summed E-state index contributed by atoms with van der Waals surface area (Å²) in [4.78, 5) is 22.8. The van der Waals surface area contributed by atoms with E-state index >= 15 is 0 Å². The van der Waals surface area contributed by atoms with E-state index in [1.165, 1.54) is 12.1 Å². The van der Waals surface area contributed by atoms with Crippen molar-refractivity contribution in [3.05, 3.63) is 59.2 Å². The van der Waals surface area contributed by atoms with Gasteiger partial charge in [-0.15, -0.1) is 0 Å². The topological polar surface area (TPSA) is 71.3 Å². The van der Waals surface area contributed by atoms with Gasteiger partial charge in [-0.1, -0.05) is 0 Å². The second-order valence-electron chi connectivity index (χ2n) is 5.52. The van der Waals surface area contributed by atoms with E-state index < -0.39 is 17.7 Å². The summed E-state index contributed by atoms with van der Waals surface area (Å²) in [7, 11) is 1.96. The SMILES string of the molecule is CC(CCc1cccn1C)NC(=O)c1ccc(C(=O)O)cc1F. The molecule has 0 spiro atoms. The van der Waals surface area contributed by atoms with Gasteiger partial charge in [0.1, 0.15) is 5.82 Å². The molecule has 0 radical (unpaired) electrons. The van der Waals surface area contributed by atoms with Gasteiger partial charge in [0, 0.05) is 25.0 Å². The van der Waals surface area contributed by atoms with E-state index in [-0.39, 0.29) is 17.2 Å². The minimum absolute atomic E-state index is 0.129. The molecule has 0 aliphatic rings. The lowest BCUT2D eigenvalue weighted by atomic mass is 10.1. The average molecular weight is 318 g/mol. The lowest BCUT2D eigenvalue weighted by Crippen LogP contribution is -2.33. The molecule has 5 nitrogen and oxygen atoms in total. The van der Waals surface area contributed by atoms with Crippen molar-refractivity contribution in [1.82, 2.24) is 9.88 Å². The van der Waals surface area contributed by atoms with Crippen molar-refractivity contribution in [3.8, 4) is 0 Å². The first-order chi connectivity index (χ1) is 10.9. The zero-order valence-corrected chi connectivity index (χ0v) is 13.0. The van der Waals surface area contributed by atoms with Crippen LogP contribution in [0.25, 0.3) is 0 Å². The summed E-state index contributed by atoms with van der Waals surface area (Å²) in [6.07, 6.45) is 3.47. The molecule has 2 aromatic rings. The monoisotopic (exact) mass is 318 g/mol. The van der Waals surface area contributed by atoms with Crippen LogP contribution >= 0.6 is 0 Å². The summed E-state index contributed by atoms with van der Waals surface area (Å²) in [5.74, 6) is -2.61. The van der Waals surface area contributed by atoms with Crippen LogP contribution in [0.3, 0.4) is 0 Å². The number of carbonyl (C=O) groups is 2. The Morgan fingerprint density at radius 3 is 2.65 bits per heavy atom. The number of aryl methyl sites for hydroxylation is 2. The molecule has 0 aliphatic heterocycles. The highest BCUT2D eigenvalue weighted by molar-refractivity contribution is 5.96. The number of carboxylic acid groups (broad SMARTS) is 1. The van der Waals surface area contributed by atoms with Gasteiger partial charge in [0.25, 0.3) is 5.91 Å². The van der Waals surface area contributed by atoms with Gasteiger partial charge in [0.05, 0.1) is 11.1 Å². The summed E-state index contributed by atoms with van der Waals surface area (Å²) in [5, 5.41) is 11.5. The lowest BCUT2D eigenvalue weighted by molar-refractivity contribution is 0.0695. The Labute approximate surface area is 133 Å². The molecule has 0 saturated carbocycles. The molecule has 23 heavy (non-hydrogen) atoms. The van der Waals surface area contributed by atoms with E-state index in [2.05, 4.69) is 5.32 Å². The number of hydrogen-bond acceptors (Lipinski definition) is 2. The van der Waals surface area contributed by atoms with E-state index in [0.717, 1.165) is 24.6 Å². The molecule has 1 aromatic heterocycles. The van der Waals surface area contributed by atoms with Crippen molar-refractivity contribution in [3.63, 3.8) is 0 Å². The summed E-state index contributed by atoms with van der Waals surface area (Å²) in [6.45, 7) is 1.85. The van der Waals surface area contributed by atoms with Crippen molar-refractivity contribution >= 4 is 11.9 Å². The Morgan fingerprint density at radius 2 is 2.09 bits per heavy atom. The summed E-state index contributed by atoms with van der Waals surface area (Å²) >= 11 is 0. The largest absolute Gasteiger partial charge is 0.478 e. The molecule has 0 bridgehead atoms. The first kappa shape index (κ1) is 16.7. The molecule has 2 N–H and O–H groups in total. The van der Waals surface area contributed by atoms with Crippen molar-refractivity contribution in [2.45, 2.75) is 25.8 Å². The maximum absolute atomic E-state index is 13.8. The third-order valence-electron chi connectivity index (χ3n) is 3.72. The van der Waals surface area contributed by atoms with Crippen LogP contribution in [-0.2, 0) is 13.5 Å². The highest BCUT2D eigenvalue weighted by atomic mass is 19.1. The molecule has 122 valence electrons. The molecule has 1 heterocycles. The van der Waals surface area contributed by atoms with Crippen molar-refractivity contribution in [2.75, 3.05) is 0 Å². The second kappa shape index (κ2) is 7.09. The predicted molar refractivity (Wildman–Crippen MR) is 84.0 cm³/mol. The Morgan fingerprint density at radius 1 is 1.35 bits per heavy atom. The number of aromatic nitrogens is 1. The van der Waals surface area contributed by atoms with Crippen molar-refractivity contribution in [2.24, 2.45) is 7.05 Å². The third kappa shape index (κ3) is 4.18. The molecule has 0 fully saturated rings. The highest BCUT2D eigenvalue weighted by Crippen LogP contribution is 2.12. The lowest BCUT2D eigenvalue weighted by Gasteiger charge is -2.14. The molecule has 1 unspecified atom stereocenters. The van der Waals surface area contributed by atoms with Gasteiger partial charge in [0.2, 0.25) is 0 Å². The Kier molecular flexibility index (Phi) is 5.16. The van der Waals surface area contributed by atoms with E-state index in [1.807, 2.05) is 36.9 Å². The van der Waals surface area contributed by atoms with Crippen LogP contribution in [0.2, 0.25) is 0 Å². The van der Waals surface area contributed by atoms with E-state index in [4.69, 9.17) is 5.11 Å². The molecule has 0 saturated heterocycles. The zero-order chi connectivity index (χ0) is 17.0. The summed E-state index contributed by atoms with van der Waals surface area (Å²) in [5.41, 5.74) is 0.819. The van der Waals surface area contributed by atoms with Gasteiger partial charge >= 0.3 is 5.97 Å². The number of hydrogen-bond donors (Lipinski definition) is 2. The smallest absolute Gasteiger partial charge is 0.335 e. The first-order valence-corrected chi connectivity index (χ1v) is 7.32. The van der Waals surface area contributed by atoms with Crippen LogP contribution < -0.4 is 5.32 Å². The minimum Gasteiger partial charge on any atom is -0.478 e. The fourth-order valence-corrected chi connectivity index (χ4v) is 2.33. The van der Waals surface area contributed by atoms with Gasteiger partial charge in [-0.05, 0) is 50.1 Å². The van der Waals surface area contributed by atoms with E-state index in [9.17, 15) is 14.0 Å². The molecule has 1 atom stereocenters. The van der Waals surface area contributed by atoms with Gasteiger partial charge in [-0.25, -0.2) is 9.18 Å². The maximum Gasteiger partial charge on any atom is 0.335 e. The fourth-order valence-electron chi connectivity index (χ4n) is 2.33. The van der Waals surface area contributed by atoms with Gasteiger partial charge in [-0.3, -0.25) is 4.79 Å². The number of nitrogens with zero attached hydrogens (tertiary/aromatic N) is 1. The van der Waals surface area contributed by atoms with Crippen LogP contribution in [0.1, 0.15) is 39.8 Å². The molecule has 1 amide bonds. The van der Waals surface area contributed by atoms with Crippen molar-refractivity contribution < 1.29 is 19.1 Å². The van der Waals surface area contributed by atoms with Crippen LogP contribution in [0.15, 0.2) is 36.5 Å². The number of carbonyl (C=O) groups excluding carboxylic acids is 1. The number of aromatic carboxylic acids is 1. The number of amides is 1. The van der Waals surface area contributed by atoms with Gasteiger partial charge in [-0.2, -0.15) is 0 Å². The van der Waals surface area contributed by atoms with Gasteiger partial charge < -0.3 is 15.0 Å². The van der Waals surface area contributed by atoms with E-state index in [0.29, 0.717) is 0 Å². The molecule has 1 aromatic carbocycles. The van der Waals surface area contributed by atoms with Crippen LogP contribution in [0, 0.1) is 5.82 Å². The first-order valence-electron chi connectivity index (χ1n) is 7.32. The Bertz CT molecular complexity index is 724. The number of carboxylic acids is 1. The molecule has 6 heteroatoms. The van der Waals surface area contributed by atoms with Crippen LogP contribution in [-0.4, -0.2) is 27.6 Å². The Balaban J connectivity index is 1.95. The number of nitrogens with one attached hydrogen (secondary N) is 1. The molecule has 2 rings (SSSR count). The standard InChI is InChI=1S/C17H19FN2O3/c1-11(5-7-13-4-3-9-20(13)2)19-16(21)14-8-6-12(17(22)23)10-15(14)18/h3-4,6,8-11H,5,7H2,1-2H3,(H,19,21)(H,22,23). The molecular weight excluding hydrogens is 299 g/mol. The van der Waals surface area contributed by atoms with Crippen LogP contribution in [0.4, 0.5) is 4.39 Å². The summed E-state index contributed by atoms with van der Waals surface area (Å²) in [6, 6.07) is 7.10. The average Bonchev–Trinajstić information content (AvgIpc) is 2.90. The van der Waals surface area contributed by atoms with Gasteiger partial charge in [0.15, 0.2) is 0 Å². The second-order valence-corrected chi connectivity index (χ2v) is 5.52. The van der Waals surface area contributed by atoms with Crippen LogP contribution in [0.5, 0.6) is 0 Å². The molecule has 0 aliphatic carbocycles. The predicted octanol–water partition coefficient (Wildman–Crippen LogP) is 2.61. The Hall–Kier alpha value is -2.63. The minimum atomic E-state index is -1.23. The number of halogens is 1. The maximum atomic E-state index is 13.8. The quantitative estimate of drug-likeness (QED) is 0.860. The zero-order valence-electron chi connectivity index (χ0n) is 13.0. The fraction of sp³-hybridized carbons (Fsp3) is 0.294. The number of rotatable bonds is 6. The third-order valence-corrected chi connectivity index (χ3v) is 3.72.